The minimum absolute atomic E-state index is 0.0951. The van der Waals surface area contributed by atoms with Crippen molar-refractivity contribution < 1.29 is 9.53 Å². The van der Waals surface area contributed by atoms with Crippen LogP contribution in [-0.2, 0) is 22.6 Å². The minimum atomic E-state index is -0.459. The van der Waals surface area contributed by atoms with Crippen LogP contribution in [0.15, 0.2) is 39.2 Å². The van der Waals surface area contributed by atoms with E-state index in [2.05, 4.69) is 10.4 Å². The summed E-state index contributed by atoms with van der Waals surface area (Å²) >= 11 is 1.29. The van der Waals surface area contributed by atoms with Crippen LogP contribution in [0.4, 0.5) is 5.69 Å². The van der Waals surface area contributed by atoms with Crippen molar-refractivity contribution in [3.8, 4) is 0 Å². The van der Waals surface area contributed by atoms with Gasteiger partial charge in [0.25, 0.3) is 5.56 Å². The molecule has 5 rings (SSSR count). The smallest absolute Gasteiger partial charge is 0.352 e. The Bertz CT molecular complexity index is 1460. The van der Waals surface area contributed by atoms with Crippen molar-refractivity contribution in [2.45, 2.75) is 45.9 Å². The van der Waals surface area contributed by atoms with Gasteiger partial charge in [-0.25, -0.2) is 13.9 Å². The molecule has 4 heterocycles. The lowest BCUT2D eigenvalue weighted by molar-refractivity contribution is -0.117. The second-order valence-corrected chi connectivity index (χ2v) is 9.02. The van der Waals surface area contributed by atoms with E-state index in [4.69, 9.17) is 4.74 Å². The van der Waals surface area contributed by atoms with Crippen LogP contribution < -0.4 is 16.6 Å². The van der Waals surface area contributed by atoms with Crippen LogP contribution >= 0.6 is 11.3 Å². The quantitative estimate of drug-likeness (QED) is 0.500. The fraction of sp³-hybridized carbons (Fsp3) is 0.364. The van der Waals surface area contributed by atoms with Gasteiger partial charge in [0, 0.05) is 12.3 Å². The van der Waals surface area contributed by atoms with Crippen molar-refractivity contribution in [1.82, 2.24) is 18.7 Å². The first kappa shape index (κ1) is 20.7. The Morgan fingerprint density at radius 1 is 1.25 bits per heavy atom. The van der Waals surface area contributed by atoms with E-state index in [-0.39, 0.29) is 29.9 Å². The molecule has 0 spiro atoms. The molecule has 1 fully saturated rings. The average molecular weight is 454 g/mol. The number of hydrogen-bond acceptors (Lipinski definition) is 6. The number of nitrogens with one attached hydrogen (secondary N) is 1. The van der Waals surface area contributed by atoms with Gasteiger partial charge < -0.3 is 10.1 Å². The maximum atomic E-state index is 13.2. The summed E-state index contributed by atoms with van der Waals surface area (Å²) in [4.78, 5) is 38.9. The molecule has 166 valence electrons. The lowest BCUT2D eigenvalue weighted by Crippen LogP contribution is -2.30. The highest BCUT2D eigenvalue weighted by Gasteiger charge is 2.23. The molecule has 0 aliphatic carbocycles. The lowest BCUT2D eigenvalue weighted by atomic mass is 10.1. The zero-order chi connectivity index (χ0) is 22.4. The molecule has 1 saturated heterocycles. The highest BCUT2D eigenvalue weighted by molar-refractivity contribution is 7.17. The summed E-state index contributed by atoms with van der Waals surface area (Å²) in [7, 11) is 0. The number of hydrogen-bond donors (Lipinski definition) is 1. The van der Waals surface area contributed by atoms with Gasteiger partial charge in [-0.1, -0.05) is 6.07 Å². The maximum Gasteiger partial charge on any atom is 0.352 e. The van der Waals surface area contributed by atoms with Crippen molar-refractivity contribution in [3.63, 3.8) is 0 Å². The number of rotatable bonds is 5. The molecular weight excluding hydrogens is 430 g/mol. The Labute approximate surface area is 186 Å². The molecular formula is C22H23N5O4S. The molecule has 1 atom stereocenters. The molecule has 9 nitrogen and oxygen atoms in total. The Balaban J connectivity index is 1.53. The number of fused-ring (bicyclic) bond motifs is 3. The number of ether oxygens (including phenoxy) is 1. The summed E-state index contributed by atoms with van der Waals surface area (Å²) in [5.74, 6) is -0.145. The number of thiophene rings is 1. The van der Waals surface area contributed by atoms with Crippen molar-refractivity contribution >= 4 is 38.9 Å². The van der Waals surface area contributed by atoms with E-state index in [1.54, 1.807) is 11.4 Å². The summed E-state index contributed by atoms with van der Waals surface area (Å²) in [6.45, 7) is 4.70. The number of benzene rings is 1. The molecule has 1 unspecified atom stereocenters. The molecule has 0 bridgehead atoms. The molecule has 1 N–H and O–H groups in total. The van der Waals surface area contributed by atoms with E-state index >= 15 is 0 Å². The van der Waals surface area contributed by atoms with Crippen molar-refractivity contribution in [2.24, 2.45) is 0 Å². The Morgan fingerprint density at radius 2 is 2.09 bits per heavy atom. The Hall–Kier alpha value is -3.24. The third-order valence-electron chi connectivity index (χ3n) is 5.88. The van der Waals surface area contributed by atoms with Crippen molar-refractivity contribution in [1.29, 1.82) is 0 Å². The first-order chi connectivity index (χ1) is 15.4. The number of carbonyl (C=O) groups is 1. The van der Waals surface area contributed by atoms with Gasteiger partial charge in [0.1, 0.15) is 11.2 Å². The summed E-state index contributed by atoms with van der Waals surface area (Å²) in [5, 5.41) is 8.96. The number of carbonyl (C=O) groups excluding carboxylic acids is 1. The molecule has 1 aromatic carbocycles. The fourth-order valence-corrected chi connectivity index (χ4v) is 4.87. The van der Waals surface area contributed by atoms with Gasteiger partial charge in [-0.15, -0.1) is 16.4 Å². The SMILES string of the molecule is Cc1ccc(NC(=O)Cn2nc3n(CC4CCCO4)c(=O)c4sccc4n3c2=O)cc1C. The fourth-order valence-electron chi connectivity index (χ4n) is 4.05. The van der Waals surface area contributed by atoms with Gasteiger partial charge in [-0.05, 0) is 61.4 Å². The molecule has 32 heavy (non-hydrogen) atoms. The predicted molar refractivity (Wildman–Crippen MR) is 123 cm³/mol. The third-order valence-corrected chi connectivity index (χ3v) is 6.77. The summed E-state index contributed by atoms with van der Waals surface area (Å²) in [6, 6.07) is 7.36. The van der Waals surface area contributed by atoms with E-state index in [9.17, 15) is 14.4 Å². The molecule has 1 amide bonds. The highest BCUT2D eigenvalue weighted by atomic mass is 32.1. The van der Waals surface area contributed by atoms with Crippen LogP contribution in [-0.4, -0.2) is 37.4 Å². The number of aryl methyl sites for hydroxylation is 2. The second-order valence-electron chi connectivity index (χ2n) is 8.11. The van der Waals surface area contributed by atoms with Crippen molar-refractivity contribution in [3.05, 3.63) is 61.6 Å². The number of amides is 1. The van der Waals surface area contributed by atoms with Crippen LogP contribution in [0.1, 0.15) is 24.0 Å². The predicted octanol–water partition coefficient (Wildman–Crippen LogP) is 2.31. The van der Waals surface area contributed by atoms with Crippen LogP contribution in [0.25, 0.3) is 16.0 Å². The van der Waals surface area contributed by atoms with Crippen LogP contribution in [0.3, 0.4) is 0 Å². The summed E-state index contributed by atoms with van der Waals surface area (Å²) in [5.41, 5.74) is 2.69. The lowest BCUT2D eigenvalue weighted by Gasteiger charge is -2.12. The van der Waals surface area contributed by atoms with Gasteiger partial charge in [-0.2, -0.15) is 0 Å². The van der Waals surface area contributed by atoms with Crippen LogP contribution in [0, 0.1) is 13.8 Å². The third kappa shape index (κ3) is 3.55. The van der Waals surface area contributed by atoms with Gasteiger partial charge >= 0.3 is 5.69 Å². The van der Waals surface area contributed by atoms with Gasteiger partial charge in [-0.3, -0.25) is 14.2 Å². The van der Waals surface area contributed by atoms with Gasteiger partial charge in [0.15, 0.2) is 0 Å². The van der Waals surface area contributed by atoms with Gasteiger partial charge in [0.2, 0.25) is 11.7 Å². The molecule has 10 heteroatoms. The Kier molecular flexibility index (Phi) is 5.18. The summed E-state index contributed by atoms with van der Waals surface area (Å²) in [6.07, 6.45) is 1.70. The minimum Gasteiger partial charge on any atom is -0.376 e. The molecule has 1 aliphatic heterocycles. The summed E-state index contributed by atoms with van der Waals surface area (Å²) < 4.78 is 10.2. The first-order valence-corrected chi connectivity index (χ1v) is 11.4. The topological polar surface area (TPSA) is 99.6 Å². The van der Waals surface area contributed by atoms with E-state index in [0.29, 0.717) is 29.1 Å². The first-order valence-electron chi connectivity index (χ1n) is 10.5. The van der Waals surface area contributed by atoms with Crippen molar-refractivity contribution in [2.75, 3.05) is 11.9 Å². The molecule has 0 radical (unpaired) electrons. The normalized spacial score (nSPS) is 16.2. The maximum absolute atomic E-state index is 13.2. The van der Waals surface area contributed by atoms with Crippen LogP contribution in [0.5, 0.6) is 0 Å². The van der Waals surface area contributed by atoms with E-state index in [0.717, 1.165) is 28.7 Å². The standard InChI is InChI=1S/C22H23N5O4S/c1-13-5-6-15(10-14(13)2)23-18(28)12-26-22(30)27-17-7-9-32-19(17)20(29)25(21(27)24-26)11-16-4-3-8-31-16/h5-7,9-10,16H,3-4,8,11-12H2,1-2H3,(H,23,28). The van der Waals surface area contributed by atoms with E-state index in [1.165, 1.54) is 20.3 Å². The van der Waals surface area contributed by atoms with Crippen LogP contribution in [0.2, 0.25) is 0 Å². The monoisotopic (exact) mass is 453 g/mol. The zero-order valence-corrected chi connectivity index (χ0v) is 18.6. The molecule has 1 aliphatic rings. The second kappa shape index (κ2) is 8.03. The molecule has 0 saturated carbocycles. The molecule has 3 aromatic heterocycles. The highest BCUT2D eigenvalue weighted by Crippen LogP contribution is 2.20. The van der Waals surface area contributed by atoms with E-state index in [1.807, 2.05) is 32.0 Å². The Morgan fingerprint density at radius 3 is 2.84 bits per heavy atom. The average Bonchev–Trinajstić information content (AvgIpc) is 3.49. The van der Waals surface area contributed by atoms with Gasteiger partial charge in [0.05, 0.1) is 18.2 Å². The van der Waals surface area contributed by atoms with E-state index < -0.39 is 5.69 Å². The zero-order valence-electron chi connectivity index (χ0n) is 17.8. The number of anilines is 1. The number of aromatic nitrogens is 4. The number of nitrogens with zero attached hydrogens (tertiary/aromatic N) is 4. The molecule has 4 aromatic rings. The largest absolute Gasteiger partial charge is 0.376 e.